The van der Waals surface area contributed by atoms with Gasteiger partial charge in [-0.25, -0.2) is 0 Å². The molecule has 1 aliphatic rings. The van der Waals surface area contributed by atoms with Crippen LogP contribution in [0.5, 0.6) is 5.75 Å². The molecule has 1 aromatic carbocycles. The van der Waals surface area contributed by atoms with Crippen molar-refractivity contribution < 1.29 is 14.7 Å². The fourth-order valence-electron chi connectivity index (χ4n) is 2.13. The van der Waals surface area contributed by atoms with E-state index in [1.54, 1.807) is 6.21 Å². The second-order valence-electron chi connectivity index (χ2n) is 6.33. The Morgan fingerprint density at radius 3 is 2.91 bits per heavy atom. The Bertz CT molecular complexity index is 564. The predicted octanol–water partition coefficient (Wildman–Crippen LogP) is 2.17. The number of anilines is 1. The van der Waals surface area contributed by atoms with Crippen LogP contribution in [0.25, 0.3) is 0 Å². The monoisotopic (exact) mass is 305 g/mol. The Labute approximate surface area is 130 Å². The van der Waals surface area contributed by atoms with E-state index in [9.17, 15) is 10.0 Å². The molecule has 6 nitrogen and oxygen atoms in total. The minimum absolute atomic E-state index is 0.0249. The highest BCUT2D eigenvalue weighted by Gasteiger charge is 2.19. The first-order valence-corrected chi connectivity index (χ1v) is 7.38. The summed E-state index contributed by atoms with van der Waals surface area (Å²) < 4.78 is 5.79. The van der Waals surface area contributed by atoms with Crippen LogP contribution < -0.4 is 15.5 Å². The number of hydrogen-bond acceptors (Lipinski definition) is 5. The summed E-state index contributed by atoms with van der Waals surface area (Å²) in [6.07, 6.45) is 2.77. The fourth-order valence-corrected chi connectivity index (χ4v) is 2.13. The molecule has 0 saturated carbocycles. The Hall–Kier alpha value is -1.92. The highest BCUT2D eigenvalue weighted by atomic mass is 16.5. The zero-order chi connectivity index (χ0) is 16.2. The number of fused-ring (bicyclic) bond motifs is 1. The quantitative estimate of drug-likeness (QED) is 0.575. The Balaban J connectivity index is 2.03. The van der Waals surface area contributed by atoms with Crippen molar-refractivity contribution in [3.63, 3.8) is 0 Å². The molecule has 1 atom stereocenters. The molecule has 0 bridgehead atoms. The summed E-state index contributed by atoms with van der Waals surface area (Å²) in [4.78, 5) is 15.8. The smallest absolute Gasteiger partial charge is 0.224 e. The lowest BCUT2D eigenvalue weighted by atomic mass is 10.0. The number of carbonyl (C=O) groups is 1. The van der Waals surface area contributed by atoms with Crippen LogP contribution in [0, 0.1) is 0 Å². The molecule has 1 unspecified atom stereocenters. The maximum absolute atomic E-state index is 11.4. The van der Waals surface area contributed by atoms with Gasteiger partial charge in [0.25, 0.3) is 0 Å². The van der Waals surface area contributed by atoms with Gasteiger partial charge in [0.15, 0.2) is 0 Å². The molecule has 22 heavy (non-hydrogen) atoms. The Kier molecular flexibility index (Phi) is 5.15. The van der Waals surface area contributed by atoms with Gasteiger partial charge in [0.05, 0.1) is 5.54 Å². The van der Waals surface area contributed by atoms with Gasteiger partial charge in [-0.05, 0) is 39.3 Å². The van der Waals surface area contributed by atoms with Crippen LogP contribution in [0.2, 0.25) is 0 Å². The summed E-state index contributed by atoms with van der Waals surface area (Å²) in [5, 5.41) is 12.0. The highest BCUT2D eigenvalue weighted by molar-refractivity contribution is 5.94. The van der Waals surface area contributed by atoms with E-state index < -0.39 is 6.04 Å². The number of benzene rings is 1. The molecule has 3 N–H and O–H groups in total. The molecule has 2 rings (SSSR count). The van der Waals surface area contributed by atoms with Crippen LogP contribution >= 0.6 is 0 Å². The van der Waals surface area contributed by atoms with Crippen LogP contribution in [0.3, 0.4) is 0 Å². The van der Waals surface area contributed by atoms with Crippen LogP contribution in [0.1, 0.15) is 32.8 Å². The van der Waals surface area contributed by atoms with Crippen molar-refractivity contribution in [1.82, 2.24) is 5.48 Å². The van der Waals surface area contributed by atoms with Gasteiger partial charge >= 0.3 is 0 Å². The van der Waals surface area contributed by atoms with Gasteiger partial charge in [0.2, 0.25) is 5.91 Å². The van der Waals surface area contributed by atoms with E-state index in [0.717, 1.165) is 17.0 Å². The van der Waals surface area contributed by atoms with Gasteiger partial charge in [0.1, 0.15) is 18.4 Å². The number of nitrogens with one attached hydrogen (secondary N) is 2. The first-order valence-electron chi connectivity index (χ1n) is 7.38. The largest absolute Gasteiger partial charge is 0.491 e. The number of hydroxylamine groups is 1. The number of ether oxygens (including phenoxy) is 1. The summed E-state index contributed by atoms with van der Waals surface area (Å²) in [5.41, 5.74) is 3.77. The number of amides is 1. The second-order valence-corrected chi connectivity index (χ2v) is 6.33. The topological polar surface area (TPSA) is 83.0 Å². The number of nitrogens with zero attached hydrogens (tertiary/aromatic N) is 1. The fraction of sp³-hybridized carbons (Fsp3) is 0.500. The van der Waals surface area contributed by atoms with Gasteiger partial charge in [-0.2, -0.15) is 5.48 Å². The number of hydrogen-bond donors (Lipinski definition) is 3. The molecule has 120 valence electrons. The number of rotatable bonds is 5. The maximum atomic E-state index is 11.4. The predicted molar refractivity (Wildman–Crippen MR) is 85.8 cm³/mol. The van der Waals surface area contributed by atoms with Crippen molar-refractivity contribution >= 4 is 17.8 Å². The van der Waals surface area contributed by atoms with Crippen molar-refractivity contribution in [3.05, 3.63) is 23.8 Å². The van der Waals surface area contributed by atoms with Crippen LogP contribution in [0.15, 0.2) is 23.2 Å². The van der Waals surface area contributed by atoms with Gasteiger partial charge in [-0.1, -0.05) is 6.07 Å². The zero-order valence-electron chi connectivity index (χ0n) is 13.2. The van der Waals surface area contributed by atoms with E-state index in [1.807, 2.05) is 39.0 Å². The van der Waals surface area contributed by atoms with Crippen LogP contribution in [-0.4, -0.2) is 35.5 Å². The highest BCUT2D eigenvalue weighted by Crippen LogP contribution is 2.31. The normalized spacial score (nSPS) is 16.3. The first kappa shape index (κ1) is 16.5. The van der Waals surface area contributed by atoms with Gasteiger partial charge in [0, 0.05) is 23.9 Å². The van der Waals surface area contributed by atoms with Gasteiger partial charge in [-0.15, -0.1) is 0 Å². The van der Waals surface area contributed by atoms with Crippen molar-refractivity contribution in [2.75, 3.05) is 11.9 Å². The lowest BCUT2D eigenvalue weighted by Crippen LogP contribution is -2.34. The molecular weight excluding hydrogens is 282 g/mol. The maximum Gasteiger partial charge on any atom is 0.224 e. The van der Waals surface area contributed by atoms with Gasteiger partial charge < -0.3 is 15.3 Å². The third-order valence-electron chi connectivity index (χ3n) is 3.24. The summed E-state index contributed by atoms with van der Waals surface area (Å²) in [7, 11) is 0. The standard InChI is InChI=1S/C16H23N3O3/c1-16(2,3)17-9-11(19-21)10-22-14-6-4-5-13-12(14)7-8-15(20)18-13/h4-6,9,11,19,21H,7-8,10H2,1-3H3,(H,18,20). The summed E-state index contributed by atoms with van der Waals surface area (Å²) in [6, 6.07) is 5.17. The molecule has 1 heterocycles. The first-order chi connectivity index (χ1) is 10.4. The molecule has 0 aromatic heterocycles. The Morgan fingerprint density at radius 2 is 2.23 bits per heavy atom. The minimum atomic E-state index is -0.395. The van der Waals surface area contributed by atoms with E-state index in [1.165, 1.54) is 0 Å². The number of aliphatic imine (C=N–C) groups is 1. The van der Waals surface area contributed by atoms with E-state index in [-0.39, 0.29) is 18.1 Å². The molecule has 1 aliphatic heterocycles. The molecule has 0 saturated heterocycles. The summed E-state index contributed by atoms with van der Waals surface area (Å²) in [6.45, 7) is 6.19. The molecule has 6 heteroatoms. The molecule has 1 aromatic rings. The third kappa shape index (κ3) is 4.54. The summed E-state index contributed by atoms with van der Waals surface area (Å²) >= 11 is 0. The molecular formula is C16H23N3O3. The minimum Gasteiger partial charge on any atom is -0.491 e. The van der Waals surface area contributed by atoms with Gasteiger partial charge in [-0.3, -0.25) is 9.79 Å². The van der Waals surface area contributed by atoms with Crippen molar-refractivity contribution in [2.24, 2.45) is 4.99 Å². The zero-order valence-corrected chi connectivity index (χ0v) is 13.2. The average Bonchev–Trinajstić information content (AvgIpc) is 2.46. The van der Waals surface area contributed by atoms with E-state index in [4.69, 9.17) is 4.74 Å². The molecule has 0 fully saturated rings. The summed E-state index contributed by atoms with van der Waals surface area (Å²) in [5.74, 6) is 0.749. The lowest BCUT2D eigenvalue weighted by molar-refractivity contribution is -0.116. The number of carbonyl (C=O) groups excluding carboxylic acids is 1. The van der Waals surface area contributed by atoms with E-state index in [0.29, 0.717) is 12.8 Å². The SMILES string of the molecule is CC(C)(C)N=CC(COc1cccc2c1CCC(=O)N2)NO. The van der Waals surface area contributed by atoms with Crippen molar-refractivity contribution in [3.8, 4) is 5.75 Å². The molecule has 0 radical (unpaired) electrons. The van der Waals surface area contributed by atoms with Crippen LogP contribution in [0.4, 0.5) is 5.69 Å². The molecule has 0 spiro atoms. The van der Waals surface area contributed by atoms with E-state index >= 15 is 0 Å². The molecule has 1 amide bonds. The molecule has 0 aliphatic carbocycles. The van der Waals surface area contributed by atoms with Crippen LogP contribution in [-0.2, 0) is 11.2 Å². The third-order valence-corrected chi connectivity index (χ3v) is 3.24. The lowest BCUT2D eigenvalue weighted by Gasteiger charge is -2.21. The van der Waals surface area contributed by atoms with E-state index in [2.05, 4.69) is 15.8 Å². The average molecular weight is 305 g/mol. The second kappa shape index (κ2) is 6.89. The van der Waals surface area contributed by atoms with Crippen molar-refractivity contribution in [2.45, 2.75) is 45.2 Å². The van der Waals surface area contributed by atoms with Crippen molar-refractivity contribution in [1.29, 1.82) is 0 Å². The Morgan fingerprint density at radius 1 is 1.45 bits per heavy atom.